The number of hydrogen-bond acceptors (Lipinski definition) is 4. The van der Waals surface area contributed by atoms with E-state index < -0.39 is 10.1 Å². The summed E-state index contributed by atoms with van der Waals surface area (Å²) >= 11 is 0. The van der Waals surface area contributed by atoms with Crippen molar-refractivity contribution >= 4 is 10.1 Å². The van der Waals surface area contributed by atoms with Crippen molar-refractivity contribution in [3.63, 3.8) is 0 Å². The molecule has 0 atom stereocenters. The fourth-order valence-electron chi connectivity index (χ4n) is 1.31. The van der Waals surface area contributed by atoms with Crippen molar-refractivity contribution in [2.75, 3.05) is 19.5 Å². The van der Waals surface area contributed by atoms with Crippen LogP contribution in [0.1, 0.15) is 14.3 Å². The van der Waals surface area contributed by atoms with Crippen molar-refractivity contribution in [3.05, 3.63) is 24.3 Å². The summed E-state index contributed by atoms with van der Waals surface area (Å²) < 4.78 is 40.0. The van der Waals surface area contributed by atoms with E-state index in [1.807, 2.05) is 12.1 Å². The van der Waals surface area contributed by atoms with E-state index in [9.17, 15) is 8.42 Å². The molecule has 0 bridgehead atoms. The Bertz CT molecular complexity index is 452. The summed E-state index contributed by atoms with van der Waals surface area (Å²) in [6.07, 6.45) is 0.922. The van der Waals surface area contributed by atoms with Gasteiger partial charge in [0.1, 0.15) is 0 Å². The Hall–Kier alpha value is -0.270. The Morgan fingerprint density at radius 2 is 1.83 bits per heavy atom. The number of ether oxygens (including phenoxy) is 2. The zero-order valence-corrected chi connectivity index (χ0v) is 13.4. The monoisotopic (exact) mass is 284 g/mol. The van der Waals surface area contributed by atoms with Crippen molar-refractivity contribution in [3.8, 4) is 11.5 Å². The maximum atomic E-state index is 10.5. The Labute approximate surface area is 131 Å². The van der Waals surface area contributed by atoms with E-state index in [4.69, 9.17) is 14.0 Å². The molecule has 1 N–H and O–H groups in total. The second kappa shape index (κ2) is 8.77. The van der Waals surface area contributed by atoms with Crippen LogP contribution in [0.15, 0.2) is 24.3 Å². The molecule has 0 aliphatic carbocycles. The van der Waals surface area contributed by atoms with Gasteiger partial charge in [-0.2, -0.15) is 8.42 Å². The maximum absolute atomic E-state index is 10.5. The summed E-state index contributed by atoms with van der Waals surface area (Å²) in [4.78, 5) is 0. The third-order valence-electron chi connectivity index (χ3n) is 2.12. The van der Waals surface area contributed by atoms with Gasteiger partial charge in [-0.3, -0.25) is 4.55 Å². The van der Waals surface area contributed by atoms with E-state index in [2.05, 4.69) is 0 Å². The predicted octanol–water partition coefficient (Wildman–Crippen LogP) is -1.14. The predicted molar refractivity (Wildman–Crippen MR) is 65.3 cm³/mol. The number of rotatable bonds is 7. The van der Waals surface area contributed by atoms with Crippen LogP contribution in [0.4, 0.5) is 0 Å². The summed E-state index contributed by atoms with van der Waals surface area (Å²) in [5, 5.41) is 0. The summed E-state index contributed by atoms with van der Waals surface area (Å²) in [5.74, 6) is 1.03. The minimum absolute atomic E-state index is 0. The molecule has 1 aromatic carbocycles. The van der Waals surface area contributed by atoms with Crippen LogP contribution >= 0.6 is 0 Å². The van der Waals surface area contributed by atoms with Crippen molar-refractivity contribution < 1.29 is 53.4 Å². The third-order valence-corrected chi connectivity index (χ3v) is 2.93. The molecule has 0 radical (unpaired) electrons. The molecule has 1 rings (SSSR count). The second-order valence-corrected chi connectivity index (χ2v) is 5.06. The van der Waals surface area contributed by atoms with Crippen molar-refractivity contribution in [2.24, 2.45) is 0 Å². The normalized spacial score (nSPS) is 10.6. The summed E-state index contributed by atoms with van der Waals surface area (Å²) in [6.45, 7) is 0.385. The SMILES string of the molecule is COc1ccccc1OCCCCS(=O)(=O)O.[H-].[Na+]. The number of para-hydroxylation sites is 2. The Morgan fingerprint density at radius 1 is 1.22 bits per heavy atom. The molecule has 0 fully saturated rings. The first-order valence-corrected chi connectivity index (χ1v) is 6.85. The van der Waals surface area contributed by atoms with Crippen molar-refractivity contribution in [2.45, 2.75) is 12.8 Å². The van der Waals surface area contributed by atoms with Gasteiger partial charge in [-0.25, -0.2) is 0 Å². The average Bonchev–Trinajstić information content (AvgIpc) is 2.27. The molecule has 98 valence electrons. The average molecular weight is 284 g/mol. The van der Waals surface area contributed by atoms with Gasteiger partial charge in [0.2, 0.25) is 0 Å². The summed E-state index contributed by atoms with van der Waals surface area (Å²) in [6, 6.07) is 7.23. The molecule has 0 aromatic heterocycles. The molecule has 0 saturated heterocycles. The summed E-state index contributed by atoms with van der Waals surface area (Å²) in [7, 11) is -2.31. The standard InChI is InChI=1S/C11H16O5S.Na.H/c1-15-10-6-2-3-7-11(10)16-8-4-5-9-17(12,13)14;;/h2-3,6-7H,4-5,8-9H2,1H3,(H,12,13,14);;/q;+1;-1. The van der Waals surface area contributed by atoms with Crippen LogP contribution in [0.3, 0.4) is 0 Å². The minimum atomic E-state index is -3.86. The van der Waals surface area contributed by atoms with Gasteiger partial charge in [-0.1, -0.05) is 12.1 Å². The smallest absolute Gasteiger partial charge is 1.00 e. The Morgan fingerprint density at radius 3 is 2.39 bits per heavy atom. The van der Waals surface area contributed by atoms with E-state index in [1.54, 1.807) is 19.2 Å². The quantitative estimate of drug-likeness (QED) is 0.389. The van der Waals surface area contributed by atoms with E-state index in [-0.39, 0.29) is 36.7 Å². The number of unbranched alkanes of at least 4 members (excludes halogenated alkanes) is 1. The molecule has 0 spiro atoms. The largest absolute Gasteiger partial charge is 1.00 e. The van der Waals surface area contributed by atoms with Crippen molar-refractivity contribution in [1.82, 2.24) is 0 Å². The Balaban J connectivity index is 0. The fourth-order valence-corrected chi connectivity index (χ4v) is 1.88. The Kier molecular flexibility index (Phi) is 8.64. The summed E-state index contributed by atoms with van der Waals surface area (Å²) in [5.41, 5.74) is 0. The number of hydrogen-bond donors (Lipinski definition) is 1. The van der Waals surface area contributed by atoms with Gasteiger partial charge >= 0.3 is 29.6 Å². The van der Waals surface area contributed by atoms with Gasteiger partial charge < -0.3 is 10.9 Å². The molecule has 5 nitrogen and oxygen atoms in total. The molecule has 0 aliphatic heterocycles. The molecular weight excluding hydrogens is 267 g/mol. The van der Waals surface area contributed by atoms with Crippen LogP contribution in [-0.4, -0.2) is 32.4 Å². The molecular formula is C11H17NaO5S. The second-order valence-electron chi connectivity index (χ2n) is 3.49. The molecule has 0 saturated carbocycles. The van der Waals surface area contributed by atoms with Crippen molar-refractivity contribution in [1.29, 1.82) is 0 Å². The van der Waals surface area contributed by atoms with Gasteiger partial charge in [0, 0.05) is 0 Å². The first-order valence-electron chi connectivity index (χ1n) is 5.24. The van der Waals surface area contributed by atoms with Gasteiger partial charge in [-0.15, -0.1) is 0 Å². The van der Waals surface area contributed by atoms with Gasteiger partial charge in [0.25, 0.3) is 10.1 Å². The molecule has 0 unspecified atom stereocenters. The van der Waals surface area contributed by atoms with Gasteiger partial charge in [-0.05, 0) is 25.0 Å². The minimum Gasteiger partial charge on any atom is -1.00 e. The van der Waals surface area contributed by atoms with Crippen LogP contribution in [0.2, 0.25) is 0 Å². The van der Waals surface area contributed by atoms with Crippen LogP contribution < -0.4 is 39.0 Å². The number of methoxy groups -OCH3 is 1. The van der Waals surface area contributed by atoms with Gasteiger partial charge in [0.05, 0.1) is 19.5 Å². The van der Waals surface area contributed by atoms with E-state index in [0.717, 1.165) is 0 Å². The van der Waals surface area contributed by atoms with Crippen LogP contribution in [0, 0.1) is 0 Å². The van der Waals surface area contributed by atoms with Crippen LogP contribution in [0.5, 0.6) is 11.5 Å². The number of benzene rings is 1. The van der Waals surface area contributed by atoms with E-state index in [1.165, 1.54) is 0 Å². The van der Waals surface area contributed by atoms with E-state index in [0.29, 0.717) is 30.9 Å². The third kappa shape index (κ3) is 7.23. The molecule has 7 heteroatoms. The topological polar surface area (TPSA) is 72.8 Å². The fraction of sp³-hybridized carbons (Fsp3) is 0.455. The van der Waals surface area contributed by atoms with Crippen LogP contribution in [0.25, 0.3) is 0 Å². The molecule has 0 amide bonds. The zero-order chi connectivity index (χ0) is 12.7. The molecule has 0 heterocycles. The zero-order valence-electron chi connectivity index (χ0n) is 11.6. The maximum Gasteiger partial charge on any atom is 1.00 e. The van der Waals surface area contributed by atoms with E-state index >= 15 is 0 Å². The van der Waals surface area contributed by atoms with Crippen LogP contribution in [-0.2, 0) is 10.1 Å². The molecule has 0 aliphatic rings. The molecule has 1 aromatic rings. The van der Waals surface area contributed by atoms with Gasteiger partial charge in [0.15, 0.2) is 11.5 Å². The molecule has 18 heavy (non-hydrogen) atoms. The first kappa shape index (κ1) is 17.7. The first-order chi connectivity index (χ1) is 8.03.